The average molecular weight is 453 g/mol. The number of aromatic nitrogens is 2. The van der Waals surface area contributed by atoms with Gasteiger partial charge >= 0.3 is 5.97 Å². The first kappa shape index (κ1) is 25.6. The first-order valence-electron chi connectivity index (χ1n) is 8.88. The standard InChI is InChI=1S/C11H9NS.C7H7NO2.C5H4OS.CH4/c1-2-7-12-11(3-1)5-4-10-6-8-13-9-10;9-7(10)5-6-3-1-2-4-8-6;6-3-5-1-2-7-4-5;/h1-9H;1-4H,5H2,(H,9,10);1-4H;1H4/b5-4+;;;. The number of thiophene rings is 2. The van der Waals surface area contributed by atoms with Gasteiger partial charge in [0.15, 0.2) is 6.29 Å². The van der Waals surface area contributed by atoms with Crippen molar-refractivity contribution in [1.82, 2.24) is 9.97 Å². The zero-order valence-electron chi connectivity index (χ0n) is 16.0. The Morgan fingerprint density at radius 2 is 1.52 bits per heavy atom. The molecule has 7 heteroatoms. The molecule has 31 heavy (non-hydrogen) atoms. The number of rotatable bonds is 5. The second-order valence-corrected chi connectivity index (χ2v) is 7.27. The van der Waals surface area contributed by atoms with E-state index in [2.05, 4.69) is 32.9 Å². The lowest BCUT2D eigenvalue weighted by molar-refractivity contribution is -0.136. The number of hydrogen-bond acceptors (Lipinski definition) is 6. The second-order valence-electron chi connectivity index (χ2n) is 5.71. The van der Waals surface area contributed by atoms with E-state index < -0.39 is 5.97 Å². The summed E-state index contributed by atoms with van der Waals surface area (Å²) < 4.78 is 0. The van der Waals surface area contributed by atoms with Gasteiger partial charge in [0.25, 0.3) is 0 Å². The molecular formula is C24H24N2O3S2. The lowest BCUT2D eigenvalue weighted by Gasteiger charge is -1.91. The monoisotopic (exact) mass is 452 g/mol. The highest BCUT2D eigenvalue weighted by molar-refractivity contribution is 7.08. The Labute approximate surface area is 190 Å². The molecule has 0 aromatic carbocycles. The number of carbonyl (C=O) groups is 2. The first-order chi connectivity index (χ1) is 14.7. The van der Waals surface area contributed by atoms with Gasteiger partial charge in [-0.2, -0.15) is 22.7 Å². The predicted molar refractivity (Wildman–Crippen MR) is 129 cm³/mol. The van der Waals surface area contributed by atoms with E-state index in [4.69, 9.17) is 5.11 Å². The van der Waals surface area contributed by atoms with Crippen LogP contribution in [0.2, 0.25) is 0 Å². The molecule has 0 atom stereocenters. The molecule has 0 aliphatic heterocycles. The van der Waals surface area contributed by atoms with Crippen LogP contribution in [-0.2, 0) is 11.2 Å². The maximum absolute atomic E-state index is 10.1. The summed E-state index contributed by atoms with van der Waals surface area (Å²) in [5, 5.41) is 16.2. The Bertz CT molecular complexity index is 1000. The zero-order chi connectivity index (χ0) is 21.4. The van der Waals surface area contributed by atoms with E-state index >= 15 is 0 Å². The van der Waals surface area contributed by atoms with Crippen molar-refractivity contribution in [2.24, 2.45) is 0 Å². The fourth-order valence-corrected chi connectivity index (χ4v) is 3.26. The molecule has 0 bridgehead atoms. The summed E-state index contributed by atoms with van der Waals surface area (Å²) in [4.78, 5) is 28.0. The Hall–Kier alpha value is -3.42. The van der Waals surface area contributed by atoms with Crippen molar-refractivity contribution >= 4 is 47.1 Å². The van der Waals surface area contributed by atoms with Gasteiger partial charge in [-0.15, -0.1) is 0 Å². The van der Waals surface area contributed by atoms with Crippen LogP contribution in [0.25, 0.3) is 12.2 Å². The molecule has 0 spiro atoms. The van der Waals surface area contributed by atoms with E-state index in [9.17, 15) is 9.59 Å². The van der Waals surface area contributed by atoms with Crippen LogP contribution in [-0.4, -0.2) is 27.3 Å². The Balaban J connectivity index is 0.000000240. The third-order valence-corrected chi connectivity index (χ3v) is 4.82. The fourth-order valence-electron chi connectivity index (χ4n) is 2.03. The minimum absolute atomic E-state index is 0. The third kappa shape index (κ3) is 11.4. The van der Waals surface area contributed by atoms with Crippen molar-refractivity contribution in [2.45, 2.75) is 13.8 Å². The molecule has 5 nitrogen and oxygen atoms in total. The molecule has 0 amide bonds. The molecule has 1 N–H and O–H groups in total. The fraction of sp³-hybridized carbons (Fsp3) is 0.0833. The maximum atomic E-state index is 10.1. The summed E-state index contributed by atoms with van der Waals surface area (Å²) in [5.41, 5.74) is 3.59. The van der Waals surface area contributed by atoms with Crippen LogP contribution in [0.3, 0.4) is 0 Å². The summed E-state index contributed by atoms with van der Waals surface area (Å²) in [6, 6.07) is 15.0. The minimum Gasteiger partial charge on any atom is -0.481 e. The quantitative estimate of drug-likeness (QED) is 0.364. The van der Waals surface area contributed by atoms with E-state index in [-0.39, 0.29) is 13.8 Å². The van der Waals surface area contributed by atoms with Crippen molar-refractivity contribution in [3.8, 4) is 0 Å². The van der Waals surface area contributed by atoms with Crippen LogP contribution in [0.1, 0.15) is 34.7 Å². The number of carboxylic acids is 1. The first-order valence-corrected chi connectivity index (χ1v) is 10.8. The SMILES string of the molecule is C.C(=C\c1ccccn1)/c1ccsc1.O=C(O)Cc1ccccn1.O=Cc1ccsc1. The van der Waals surface area contributed by atoms with Crippen molar-refractivity contribution < 1.29 is 14.7 Å². The highest BCUT2D eigenvalue weighted by Crippen LogP contribution is 2.09. The van der Waals surface area contributed by atoms with Gasteiger partial charge in [-0.3, -0.25) is 19.6 Å². The molecule has 0 unspecified atom stereocenters. The molecular weight excluding hydrogens is 428 g/mol. The highest BCUT2D eigenvalue weighted by atomic mass is 32.1. The number of hydrogen-bond donors (Lipinski definition) is 1. The minimum atomic E-state index is -0.848. The van der Waals surface area contributed by atoms with Gasteiger partial charge in [-0.25, -0.2) is 0 Å². The van der Waals surface area contributed by atoms with Gasteiger partial charge in [-0.05, 0) is 64.2 Å². The molecule has 160 valence electrons. The van der Waals surface area contributed by atoms with Crippen molar-refractivity contribution in [1.29, 1.82) is 0 Å². The normalized spacial score (nSPS) is 9.42. The topological polar surface area (TPSA) is 80.2 Å². The maximum Gasteiger partial charge on any atom is 0.309 e. The molecule has 4 heterocycles. The third-order valence-electron chi connectivity index (χ3n) is 3.42. The van der Waals surface area contributed by atoms with Crippen LogP contribution >= 0.6 is 22.7 Å². The van der Waals surface area contributed by atoms with Gasteiger partial charge in [0.1, 0.15) is 0 Å². The second kappa shape index (κ2) is 15.4. The summed E-state index contributed by atoms with van der Waals surface area (Å²) in [6.45, 7) is 0. The lowest BCUT2D eigenvalue weighted by Crippen LogP contribution is -2.01. The van der Waals surface area contributed by atoms with Gasteiger partial charge < -0.3 is 5.11 Å². The van der Waals surface area contributed by atoms with Crippen LogP contribution < -0.4 is 0 Å². The van der Waals surface area contributed by atoms with Gasteiger partial charge in [-0.1, -0.05) is 25.6 Å². The molecule has 0 radical (unpaired) electrons. The van der Waals surface area contributed by atoms with Crippen LogP contribution in [0, 0.1) is 0 Å². The largest absolute Gasteiger partial charge is 0.481 e. The molecule has 0 aliphatic rings. The van der Waals surface area contributed by atoms with Gasteiger partial charge in [0, 0.05) is 23.3 Å². The van der Waals surface area contributed by atoms with Crippen molar-refractivity contribution in [3.05, 3.63) is 105 Å². The summed E-state index contributed by atoms with van der Waals surface area (Å²) in [7, 11) is 0. The summed E-state index contributed by atoms with van der Waals surface area (Å²) >= 11 is 3.24. The summed E-state index contributed by atoms with van der Waals surface area (Å²) in [5.74, 6) is -0.848. The molecule has 4 aromatic heterocycles. The van der Waals surface area contributed by atoms with Crippen LogP contribution in [0.15, 0.2) is 82.4 Å². The van der Waals surface area contributed by atoms with Gasteiger partial charge in [0.05, 0.1) is 17.8 Å². The Morgan fingerprint density at radius 3 is 1.97 bits per heavy atom. The van der Waals surface area contributed by atoms with Gasteiger partial charge in [0.2, 0.25) is 0 Å². The highest BCUT2D eigenvalue weighted by Gasteiger charge is 1.98. The van der Waals surface area contributed by atoms with Crippen LogP contribution in [0.4, 0.5) is 0 Å². The number of pyridine rings is 2. The molecule has 0 saturated heterocycles. The van der Waals surface area contributed by atoms with Crippen molar-refractivity contribution in [2.75, 3.05) is 0 Å². The van der Waals surface area contributed by atoms with E-state index in [1.165, 1.54) is 16.9 Å². The van der Waals surface area contributed by atoms with Crippen molar-refractivity contribution in [3.63, 3.8) is 0 Å². The van der Waals surface area contributed by atoms with Crippen LogP contribution in [0.5, 0.6) is 0 Å². The number of aldehydes is 1. The molecule has 4 aromatic rings. The Kier molecular flexibility index (Phi) is 12.7. The smallest absolute Gasteiger partial charge is 0.309 e. The Morgan fingerprint density at radius 1 is 0.871 bits per heavy atom. The average Bonchev–Trinajstić information content (AvgIpc) is 3.48. The van der Waals surface area contributed by atoms with E-state index in [0.29, 0.717) is 5.69 Å². The summed E-state index contributed by atoms with van der Waals surface area (Å²) in [6.07, 6.45) is 8.31. The number of aliphatic carboxylic acids is 1. The molecule has 0 saturated carbocycles. The predicted octanol–water partition coefficient (Wildman–Crippen LogP) is 6.22. The number of carbonyl (C=O) groups excluding carboxylic acids is 1. The lowest BCUT2D eigenvalue weighted by atomic mass is 10.2. The van der Waals surface area contributed by atoms with E-state index in [1.54, 1.807) is 48.0 Å². The molecule has 4 rings (SSSR count). The molecule has 0 aliphatic carbocycles. The van der Waals surface area contributed by atoms with E-state index in [1.807, 2.05) is 35.0 Å². The molecule has 0 fully saturated rings. The number of nitrogens with zero attached hydrogens (tertiary/aromatic N) is 2. The van der Waals surface area contributed by atoms with E-state index in [0.717, 1.165) is 17.5 Å². The number of carboxylic acid groups (broad SMARTS) is 1. The zero-order valence-corrected chi connectivity index (χ0v) is 17.6.